The Bertz CT molecular complexity index is 514. The van der Waals surface area contributed by atoms with Gasteiger partial charge in [0, 0.05) is 19.2 Å². The first-order valence-corrected chi connectivity index (χ1v) is 5.96. The van der Waals surface area contributed by atoms with Crippen LogP contribution in [0.1, 0.15) is 5.76 Å². The zero-order chi connectivity index (χ0) is 14.8. The lowest BCUT2D eigenvalue weighted by atomic mass is 10.2. The highest BCUT2D eigenvalue weighted by atomic mass is 19.4. The lowest BCUT2D eigenvalue weighted by molar-refractivity contribution is -0.238. The van der Waals surface area contributed by atoms with Crippen molar-refractivity contribution in [3.05, 3.63) is 28.3 Å². The summed E-state index contributed by atoms with van der Waals surface area (Å²) in [6, 6.07) is 1.22. The molecule has 2 heterocycles. The van der Waals surface area contributed by atoms with Crippen LogP contribution >= 0.6 is 0 Å². The van der Waals surface area contributed by atoms with E-state index < -0.39 is 12.3 Å². The standard InChI is InChI=1S/C12H14F3NO4/c1-18-10-7-20-8(4-9(10)17)5-16-2-3-19-11(6-16)12(13,14)15/h4,7,11H,2-3,5-6H2,1H3. The van der Waals surface area contributed by atoms with Crippen molar-refractivity contribution in [2.24, 2.45) is 0 Å². The first-order chi connectivity index (χ1) is 9.40. The Hall–Kier alpha value is -1.54. The molecule has 20 heavy (non-hydrogen) atoms. The van der Waals surface area contributed by atoms with E-state index in [0.717, 1.165) is 6.26 Å². The molecule has 1 aromatic heterocycles. The Morgan fingerprint density at radius 2 is 2.25 bits per heavy atom. The van der Waals surface area contributed by atoms with E-state index in [4.69, 9.17) is 13.9 Å². The van der Waals surface area contributed by atoms with Gasteiger partial charge in [0.25, 0.3) is 0 Å². The van der Waals surface area contributed by atoms with E-state index in [9.17, 15) is 18.0 Å². The molecule has 0 spiro atoms. The minimum Gasteiger partial charge on any atom is -0.490 e. The van der Waals surface area contributed by atoms with Crippen LogP contribution in [0.2, 0.25) is 0 Å². The van der Waals surface area contributed by atoms with Crippen LogP contribution < -0.4 is 10.2 Å². The highest BCUT2D eigenvalue weighted by Crippen LogP contribution is 2.26. The van der Waals surface area contributed by atoms with Crippen LogP contribution in [0.5, 0.6) is 5.75 Å². The fraction of sp³-hybridized carbons (Fsp3) is 0.583. The molecule has 0 N–H and O–H groups in total. The number of hydrogen-bond acceptors (Lipinski definition) is 5. The van der Waals surface area contributed by atoms with Crippen LogP contribution in [0, 0.1) is 0 Å². The van der Waals surface area contributed by atoms with Crippen LogP contribution in [0.15, 0.2) is 21.5 Å². The molecule has 1 atom stereocenters. The van der Waals surface area contributed by atoms with Gasteiger partial charge in [-0.15, -0.1) is 0 Å². The van der Waals surface area contributed by atoms with Crippen LogP contribution in [-0.4, -0.2) is 44.0 Å². The molecule has 8 heteroatoms. The summed E-state index contributed by atoms with van der Waals surface area (Å²) >= 11 is 0. The molecule has 112 valence electrons. The molecule has 1 aliphatic heterocycles. The maximum atomic E-state index is 12.6. The van der Waals surface area contributed by atoms with Crippen molar-refractivity contribution >= 4 is 0 Å². The van der Waals surface area contributed by atoms with Gasteiger partial charge < -0.3 is 13.9 Å². The molecule has 2 rings (SSSR count). The van der Waals surface area contributed by atoms with Gasteiger partial charge in [0.05, 0.1) is 20.3 Å². The Labute approximate surface area is 112 Å². The van der Waals surface area contributed by atoms with Crippen molar-refractivity contribution in [1.29, 1.82) is 0 Å². The molecule has 0 amide bonds. The molecule has 5 nitrogen and oxygen atoms in total. The van der Waals surface area contributed by atoms with E-state index in [1.165, 1.54) is 18.1 Å². The second-order valence-corrected chi connectivity index (χ2v) is 4.42. The van der Waals surface area contributed by atoms with Crippen LogP contribution in [0.25, 0.3) is 0 Å². The number of hydrogen-bond donors (Lipinski definition) is 0. The summed E-state index contributed by atoms with van der Waals surface area (Å²) in [5.74, 6) is 0.350. The number of rotatable bonds is 3. The van der Waals surface area contributed by atoms with E-state index in [0.29, 0.717) is 12.3 Å². The van der Waals surface area contributed by atoms with E-state index in [-0.39, 0.29) is 30.9 Å². The molecule has 0 bridgehead atoms. The van der Waals surface area contributed by atoms with E-state index in [2.05, 4.69) is 0 Å². The van der Waals surface area contributed by atoms with Gasteiger partial charge in [0.15, 0.2) is 6.10 Å². The zero-order valence-corrected chi connectivity index (χ0v) is 10.8. The van der Waals surface area contributed by atoms with Crippen molar-refractivity contribution < 1.29 is 27.1 Å². The fourth-order valence-corrected chi connectivity index (χ4v) is 1.93. The monoisotopic (exact) mass is 293 g/mol. The Morgan fingerprint density at radius 3 is 2.85 bits per heavy atom. The Kier molecular flexibility index (Phi) is 4.34. The van der Waals surface area contributed by atoms with Gasteiger partial charge in [-0.25, -0.2) is 0 Å². The first kappa shape index (κ1) is 14.9. The van der Waals surface area contributed by atoms with Crippen molar-refractivity contribution in [3.63, 3.8) is 0 Å². The molecule has 0 aromatic carbocycles. The van der Waals surface area contributed by atoms with Crippen LogP contribution in [0.4, 0.5) is 13.2 Å². The predicted molar refractivity (Wildman–Crippen MR) is 62.6 cm³/mol. The molecule has 1 unspecified atom stereocenters. The molecular formula is C12H14F3NO4. The van der Waals surface area contributed by atoms with Gasteiger partial charge in [-0.05, 0) is 0 Å². The minimum absolute atomic E-state index is 0.00936. The summed E-state index contributed by atoms with van der Waals surface area (Å²) in [5, 5.41) is 0. The second kappa shape index (κ2) is 5.84. The number of methoxy groups -OCH3 is 1. The van der Waals surface area contributed by atoms with Crippen molar-refractivity contribution in [2.75, 3.05) is 26.8 Å². The van der Waals surface area contributed by atoms with Crippen molar-refractivity contribution in [1.82, 2.24) is 4.90 Å². The minimum atomic E-state index is -4.39. The molecule has 1 aliphatic rings. The van der Waals surface area contributed by atoms with Gasteiger partial charge in [-0.3, -0.25) is 9.69 Å². The average molecular weight is 293 g/mol. The largest absolute Gasteiger partial charge is 0.490 e. The molecule has 0 saturated carbocycles. The summed E-state index contributed by atoms with van der Waals surface area (Å²) in [6.45, 7) is 0.182. The molecule has 0 radical (unpaired) electrons. The number of morpholine rings is 1. The Balaban J connectivity index is 2.03. The molecule has 1 saturated heterocycles. The second-order valence-electron chi connectivity index (χ2n) is 4.42. The Morgan fingerprint density at radius 1 is 1.50 bits per heavy atom. The lowest BCUT2D eigenvalue weighted by Crippen LogP contribution is -2.48. The lowest BCUT2D eigenvalue weighted by Gasteiger charge is -2.33. The summed E-state index contributed by atoms with van der Waals surface area (Å²) < 4.78 is 52.3. The maximum absolute atomic E-state index is 12.6. The predicted octanol–water partition coefficient (Wildman–Crippen LogP) is 1.41. The molecule has 1 aromatic rings. The van der Waals surface area contributed by atoms with E-state index in [1.54, 1.807) is 0 Å². The number of halogens is 3. The van der Waals surface area contributed by atoms with Gasteiger partial charge in [-0.2, -0.15) is 13.2 Å². The smallest absolute Gasteiger partial charge is 0.415 e. The third-order valence-electron chi connectivity index (χ3n) is 2.97. The number of nitrogens with zero attached hydrogens (tertiary/aromatic N) is 1. The highest BCUT2D eigenvalue weighted by Gasteiger charge is 2.43. The normalized spacial score (nSPS) is 20.9. The van der Waals surface area contributed by atoms with Crippen molar-refractivity contribution in [2.45, 2.75) is 18.8 Å². The summed E-state index contributed by atoms with van der Waals surface area (Å²) in [6.07, 6.45) is -5.04. The van der Waals surface area contributed by atoms with E-state index >= 15 is 0 Å². The van der Waals surface area contributed by atoms with Gasteiger partial charge in [0.1, 0.15) is 12.0 Å². The quantitative estimate of drug-likeness (QED) is 0.843. The average Bonchev–Trinajstić information content (AvgIpc) is 2.38. The van der Waals surface area contributed by atoms with Crippen LogP contribution in [-0.2, 0) is 11.3 Å². The van der Waals surface area contributed by atoms with Gasteiger partial charge >= 0.3 is 6.18 Å². The van der Waals surface area contributed by atoms with E-state index in [1.807, 2.05) is 0 Å². The summed E-state index contributed by atoms with van der Waals surface area (Å²) in [4.78, 5) is 13.1. The zero-order valence-electron chi connectivity index (χ0n) is 10.8. The van der Waals surface area contributed by atoms with Crippen molar-refractivity contribution in [3.8, 4) is 5.75 Å². The first-order valence-electron chi connectivity index (χ1n) is 5.96. The summed E-state index contributed by atoms with van der Waals surface area (Å²) in [7, 11) is 1.34. The third-order valence-corrected chi connectivity index (χ3v) is 2.97. The van der Waals surface area contributed by atoms with Gasteiger partial charge in [-0.1, -0.05) is 0 Å². The molecule has 0 aliphatic carbocycles. The topological polar surface area (TPSA) is 51.9 Å². The third kappa shape index (κ3) is 3.51. The number of ether oxygens (including phenoxy) is 2. The molecular weight excluding hydrogens is 279 g/mol. The number of alkyl halides is 3. The van der Waals surface area contributed by atoms with Crippen LogP contribution in [0.3, 0.4) is 0 Å². The summed E-state index contributed by atoms with van der Waals surface area (Å²) in [5.41, 5.74) is -0.366. The fourth-order valence-electron chi connectivity index (χ4n) is 1.93. The maximum Gasteiger partial charge on any atom is 0.415 e. The highest BCUT2D eigenvalue weighted by molar-refractivity contribution is 5.17. The van der Waals surface area contributed by atoms with Gasteiger partial charge in [0.2, 0.25) is 11.2 Å². The SMILES string of the molecule is COc1coc(CN2CCOC(C(F)(F)F)C2)cc1=O. The molecule has 1 fully saturated rings.